The molecule has 2 atom stereocenters. The van der Waals surface area contributed by atoms with Crippen LogP contribution in [0.4, 0.5) is 0 Å². The van der Waals surface area contributed by atoms with E-state index in [2.05, 4.69) is 31.4 Å². The molecule has 0 saturated carbocycles. The lowest BCUT2D eigenvalue weighted by atomic mass is 9.86. The smallest absolute Gasteiger partial charge is 0.237 e. The van der Waals surface area contributed by atoms with Crippen molar-refractivity contribution in [2.75, 3.05) is 13.1 Å². The predicted molar refractivity (Wildman–Crippen MR) is 96.0 cm³/mol. The molecule has 1 aromatic carbocycles. The first-order valence-electron chi connectivity index (χ1n) is 8.17. The molecule has 1 aliphatic heterocycles. The van der Waals surface area contributed by atoms with Gasteiger partial charge in [-0.3, -0.25) is 4.79 Å². The van der Waals surface area contributed by atoms with Gasteiger partial charge in [0.05, 0.1) is 12.1 Å². The molecular weight excluding hydrogens is 312 g/mol. The number of nitrogens with one attached hydrogen (secondary N) is 2. The van der Waals surface area contributed by atoms with E-state index in [1.54, 1.807) is 0 Å². The van der Waals surface area contributed by atoms with Crippen LogP contribution in [0.15, 0.2) is 24.3 Å². The predicted octanol–water partition coefficient (Wildman–Crippen LogP) is 2.70. The zero-order valence-corrected chi connectivity index (χ0v) is 15.1. The average molecular weight is 341 g/mol. The number of hydrogen-bond acceptors (Lipinski definition) is 3. The number of halogens is 1. The van der Waals surface area contributed by atoms with Crippen molar-refractivity contribution in [2.45, 2.75) is 57.6 Å². The Hall–Kier alpha value is -1.10. The highest BCUT2D eigenvalue weighted by molar-refractivity contribution is 5.85. The van der Waals surface area contributed by atoms with Gasteiger partial charge in [0.25, 0.3) is 0 Å². The normalized spacial score (nSPS) is 19.6. The number of amides is 1. The van der Waals surface area contributed by atoms with E-state index < -0.39 is 6.10 Å². The summed E-state index contributed by atoms with van der Waals surface area (Å²) in [5, 5.41) is 16.3. The molecule has 3 N–H and O–H groups in total. The molecule has 2 rings (SSSR count). The molecule has 23 heavy (non-hydrogen) atoms. The Balaban J connectivity index is 0.00000264. The second-order valence-electron chi connectivity index (χ2n) is 7.14. The van der Waals surface area contributed by atoms with E-state index in [-0.39, 0.29) is 36.3 Å². The molecule has 4 nitrogen and oxygen atoms in total. The molecule has 0 aliphatic carbocycles. The van der Waals surface area contributed by atoms with Crippen molar-refractivity contribution in [1.29, 1.82) is 0 Å². The highest BCUT2D eigenvalue weighted by atomic mass is 35.5. The summed E-state index contributed by atoms with van der Waals surface area (Å²) in [4.78, 5) is 12.0. The Kier molecular flexibility index (Phi) is 7.52. The van der Waals surface area contributed by atoms with Crippen molar-refractivity contribution in [2.24, 2.45) is 0 Å². The molecule has 1 saturated heterocycles. The molecular formula is C18H29ClN2O2. The Labute approximate surface area is 145 Å². The van der Waals surface area contributed by atoms with Gasteiger partial charge in [0.1, 0.15) is 0 Å². The minimum Gasteiger partial charge on any atom is -0.387 e. The Morgan fingerprint density at radius 3 is 2.48 bits per heavy atom. The van der Waals surface area contributed by atoms with E-state index in [1.165, 1.54) is 5.56 Å². The minimum absolute atomic E-state index is 0. The monoisotopic (exact) mass is 340 g/mol. The van der Waals surface area contributed by atoms with Crippen molar-refractivity contribution in [3.05, 3.63) is 35.4 Å². The number of carbonyl (C=O) groups excluding carboxylic acids is 1. The van der Waals surface area contributed by atoms with Crippen LogP contribution in [0.1, 0.15) is 57.3 Å². The second kappa shape index (κ2) is 8.67. The van der Waals surface area contributed by atoms with Gasteiger partial charge in [0.2, 0.25) is 5.91 Å². The van der Waals surface area contributed by atoms with Crippen LogP contribution in [0, 0.1) is 0 Å². The maximum absolute atomic E-state index is 12.0. The Bertz CT molecular complexity index is 491. The van der Waals surface area contributed by atoms with Crippen LogP contribution < -0.4 is 10.6 Å². The van der Waals surface area contributed by atoms with E-state index in [0.29, 0.717) is 0 Å². The summed E-state index contributed by atoms with van der Waals surface area (Å²) in [5.74, 6) is -0.00920. The van der Waals surface area contributed by atoms with E-state index >= 15 is 0 Å². The van der Waals surface area contributed by atoms with Crippen LogP contribution in [-0.2, 0) is 10.2 Å². The van der Waals surface area contributed by atoms with Gasteiger partial charge >= 0.3 is 0 Å². The summed E-state index contributed by atoms with van der Waals surface area (Å²) in [6.45, 7) is 7.64. The van der Waals surface area contributed by atoms with E-state index in [0.717, 1.165) is 31.4 Å². The number of rotatable bonds is 4. The molecule has 1 fully saturated rings. The van der Waals surface area contributed by atoms with Crippen molar-refractivity contribution in [1.82, 2.24) is 10.6 Å². The molecule has 2 unspecified atom stereocenters. The number of benzene rings is 1. The third kappa shape index (κ3) is 5.79. The molecule has 1 amide bonds. The summed E-state index contributed by atoms with van der Waals surface area (Å²) in [7, 11) is 0. The number of piperidine rings is 1. The van der Waals surface area contributed by atoms with E-state index in [1.807, 2.05) is 24.3 Å². The number of aliphatic hydroxyl groups is 1. The molecule has 1 aromatic rings. The first-order chi connectivity index (χ1) is 10.4. The maximum Gasteiger partial charge on any atom is 0.237 e. The van der Waals surface area contributed by atoms with Gasteiger partial charge in [-0.2, -0.15) is 0 Å². The van der Waals surface area contributed by atoms with Crippen LogP contribution in [0.25, 0.3) is 0 Å². The van der Waals surface area contributed by atoms with Crippen LogP contribution >= 0.6 is 12.4 Å². The van der Waals surface area contributed by atoms with Gasteiger partial charge in [-0.25, -0.2) is 0 Å². The topological polar surface area (TPSA) is 61.4 Å². The van der Waals surface area contributed by atoms with Gasteiger partial charge < -0.3 is 15.7 Å². The molecule has 1 heterocycles. The second-order valence-corrected chi connectivity index (χ2v) is 7.14. The lowest BCUT2D eigenvalue weighted by molar-refractivity contribution is -0.124. The standard InChI is InChI=1S/C18H28N2O2.ClH/c1-18(2,3)14-9-7-13(8-10-14)16(21)12-20-17(22)15-6-4-5-11-19-15;/h7-10,15-16,19,21H,4-6,11-12H2,1-3H3,(H,20,22);1H. The fourth-order valence-corrected chi connectivity index (χ4v) is 2.72. The summed E-state index contributed by atoms with van der Waals surface area (Å²) in [5.41, 5.74) is 2.17. The maximum atomic E-state index is 12.0. The van der Waals surface area contributed by atoms with E-state index in [9.17, 15) is 9.90 Å². The zero-order valence-electron chi connectivity index (χ0n) is 14.3. The van der Waals surface area contributed by atoms with Gasteiger partial charge in [-0.15, -0.1) is 12.4 Å². The third-order valence-corrected chi connectivity index (χ3v) is 4.26. The average Bonchev–Trinajstić information content (AvgIpc) is 2.52. The number of aliphatic hydroxyl groups excluding tert-OH is 1. The Morgan fingerprint density at radius 2 is 1.96 bits per heavy atom. The fourth-order valence-electron chi connectivity index (χ4n) is 2.72. The molecule has 1 aliphatic rings. The number of carbonyl (C=O) groups is 1. The summed E-state index contributed by atoms with van der Waals surface area (Å²) in [6, 6.07) is 7.86. The van der Waals surface area contributed by atoms with Crippen LogP contribution in [0.3, 0.4) is 0 Å². The Morgan fingerprint density at radius 1 is 1.30 bits per heavy atom. The van der Waals surface area contributed by atoms with Gasteiger partial charge in [0, 0.05) is 6.54 Å². The third-order valence-electron chi connectivity index (χ3n) is 4.26. The highest BCUT2D eigenvalue weighted by Crippen LogP contribution is 2.23. The summed E-state index contributed by atoms with van der Waals surface area (Å²) >= 11 is 0. The lowest BCUT2D eigenvalue weighted by Crippen LogP contribution is -2.47. The van der Waals surface area contributed by atoms with Crippen molar-refractivity contribution >= 4 is 18.3 Å². The lowest BCUT2D eigenvalue weighted by Gasteiger charge is -2.23. The van der Waals surface area contributed by atoms with Crippen molar-refractivity contribution < 1.29 is 9.90 Å². The summed E-state index contributed by atoms with van der Waals surface area (Å²) in [6.07, 6.45) is 2.43. The van der Waals surface area contributed by atoms with Crippen LogP contribution in [0.2, 0.25) is 0 Å². The molecule has 0 aromatic heterocycles. The van der Waals surface area contributed by atoms with E-state index in [4.69, 9.17) is 0 Å². The molecule has 5 heteroatoms. The molecule has 0 spiro atoms. The first-order valence-corrected chi connectivity index (χ1v) is 8.17. The quantitative estimate of drug-likeness (QED) is 0.789. The SMILES string of the molecule is CC(C)(C)c1ccc(C(O)CNC(=O)C2CCCCN2)cc1.Cl. The molecule has 0 bridgehead atoms. The van der Waals surface area contributed by atoms with Crippen LogP contribution in [0.5, 0.6) is 0 Å². The molecule has 130 valence electrons. The van der Waals surface area contributed by atoms with Gasteiger partial charge in [-0.1, -0.05) is 51.5 Å². The first kappa shape index (κ1) is 19.9. The minimum atomic E-state index is -0.665. The van der Waals surface area contributed by atoms with Crippen LogP contribution in [-0.4, -0.2) is 30.1 Å². The molecule has 0 radical (unpaired) electrons. The van der Waals surface area contributed by atoms with Crippen molar-refractivity contribution in [3.8, 4) is 0 Å². The largest absolute Gasteiger partial charge is 0.387 e. The number of hydrogen-bond donors (Lipinski definition) is 3. The fraction of sp³-hybridized carbons (Fsp3) is 0.611. The zero-order chi connectivity index (χ0) is 16.2. The van der Waals surface area contributed by atoms with Gasteiger partial charge in [0.15, 0.2) is 0 Å². The van der Waals surface area contributed by atoms with Gasteiger partial charge in [-0.05, 0) is 35.9 Å². The highest BCUT2D eigenvalue weighted by Gasteiger charge is 2.21. The van der Waals surface area contributed by atoms with Crippen molar-refractivity contribution in [3.63, 3.8) is 0 Å². The summed E-state index contributed by atoms with van der Waals surface area (Å²) < 4.78 is 0.